The Morgan fingerprint density at radius 2 is 1.67 bits per heavy atom. The lowest BCUT2D eigenvalue weighted by Gasteiger charge is -2.13. The van der Waals surface area contributed by atoms with Crippen LogP contribution in [0.15, 0.2) is 18.2 Å². The van der Waals surface area contributed by atoms with Crippen LogP contribution in [0.4, 0.5) is 0 Å². The van der Waals surface area contributed by atoms with Crippen molar-refractivity contribution in [3.63, 3.8) is 0 Å². The van der Waals surface area contributed by atoms with Crippen molar-refractivity contribution in [2.45, 2.75) is 27.7 Å². The highest BCUT2D eigenvalue weighted by atomic mass is 16.2. The minimum atomic E-state index is 0.0706. The second-order valence-corrected chi connectivity index (χ2v) is 3.45. The van der Waals surface area contributed by atoms with Gasteiger partial charge >= 0.3 is 0 Å². The molecule has 1 amide bonds. The molecule has 0 saturated carbocycles. The van der Waals surface area contributed by atoms with Gasteiger partial charge in [-0.1, -0.05) is 26.0 Å². The molecule has 0 spiro atoms. The number of carbonyl (C=O) groups is 1. The van der Waals surface area contributed by atoms with E-state index >= 15 is 0 Å². The quantitative estimate of drug-likeness (QED) is 0.693. The van der Waals surface area contributed by atoms with Gasteiger partial charge in [-0.25, -0.2) is 0 Å². The smallest absolute Gasteiger partial charge is 0.253 e. The van der Waals surface area contributed by atoms with E-state index in [0.717, 1.165) is 16.7 Å². The van der Waals surface area contributed by atoms with Crippen molar-refractivity contribution in [2.24, 2.45) is 0 Å². The normalized spacial score (nSPS) is 8.93. The average molecular weight is 207 g/mol. The van der Waals surface area contributed by atoms with Gasteiger partial charge in [-0.3, -0.25) is 4.79 Å². The van der Waals surface area contributed by atoms with Gasteiger partial charge in [0.2, 0.25) is 0 Å². The maximum absolute atomic E-state index is 11.6. The summed E-state index contributed by atoms with van der Waals surface area (Å²) < 4.78 is 0. The summed E-state index contributed by atoms with van der Waals surface area (Å²) in [6, 6.07) is 5.80. The van der Waals surface area contributed by atoms with Gasteiger partial charge in [-0.15, -0.1) is 0 Å². The van der Waals surface area contributed by atoms with Crippen molar-refractivity contribution < 1.29 is 4.79 Å². The zero-order valence-electron chi connectivity index (χ0n) is 10.6. The Balaban J connectivity index is 0.000000921. The van der Waals surface area contributed by atoms with Gasteiger partial charge in [0.25, 0.3) is 5.91 Å². The molecule has 0 aliphatic heterocycles. The molecule has 0 fully saturated rings. The molecule has 1 aromatic rings. The highest BCUT2D eigenvalue weighted by molar-refractivity contribution is 5.95. The molecule has 15 heavy (non-hydrogen) atoms. The zero-order chi connectivity index (χ0) is 12.0. The summed E-state index contributed by atoms with van der Waals surface area (Å²) in [5.41, 5.74) is 3.03. The van der Waals surface area contributed by atoms with Crippen LogP contribution in [0.5, 0.6) is 0 Å². The molecule has 84 valence electrons. The van der Waals surface area contributed by atoms with Crippen molar-refractivity contribution in [1.29, 1.82) is 0 Å². The van der Waals surface area contributed by atoms with Crippen LogP contribution in [-0.2, 0) is 0 Å². The Labute approximate surface area is 92.9 Å². The van der Waals surface area contributed by atoms with Crippen LogP contribution in [-0.4, -0.2) is 24.9 Å². The topological polar surface area (TPSA) is 20.3 Å². The maximum atomic E-state index is 11.6. The molecule has 0 N–H and O–H groups in total. The molecule has 0 radical (unpaired) electrons. The second-order valence-electron chi connectivity index (χ2n) is 3.45. The van der Waals surface area contributed by atoms with E-state index in [1.165, 1.54) is 0 Å². The lowest BCUT2D eigenvalue weighted by atomic mass is 10.0. The van der Waals surface area contributed by atoms with Crippen molar-refractivity contribution in [1.82, 2.24) is 4.90 Å². The summed E-state index contributed by atoms with van der Waals surface area (Å²) in [6.45, 7) is 7.99. The van der Waals surface area contributed by atoms with Gasteiger partial charge in [0.05, 0.1) is 0 Å². The van der Waals surface area contributed by atoms with Gasteiger partial charge in [-0.2, -0.15) is 0 Å². The number of benzene rings is 1. The number of hydrogen-bond acceptors (Lipinski definition) is 1. The third kappa shape index (κ3) is 3.39. The Morgan fingerprint density at radius 1 is 1.13 bits per heavy atom. The first-order chi connectivity index (χ1) is 7.04. The van der Waals surface area contributed by atoms with E-state index in [4.69, 9.17) is 0 Å². The summed E-state index contributed by atoms with van der Waals surface area (Å²) in [5.74, 6) is 0.0706. The van der Waals surface area contributed by atoms with E-state index in [9.17, 15) is 4.79 Å². The molecule has 0 aliphatic carbocycles. The highest BCUT2D eigenvalue weighted by Crippen LogP contribution is 2.13. The summed E-state index contributed by atoms with van der Waals surface area (Å²) in [4.78, 5) is 13.2. The van der Waals surface area contributed by atoms with Crippen molar-refractivity contribution in [3.8, 4) is 0 Å². The number of amides is 1. The van der Waals surface area contributed by atoms with Crippen LogP contribution >= 0.6 is 0 Å². The van der Waals surface area contributed by atoms with Crippen molar-refractivity contribution in [2.75, 3.05) is 14.1 Å². The highest BCUT2D eigenvalue weighted by Gasteiger charge is 2.10. The van der Waals surface area contributed by atoms with E-state index in [1.54, 1.807) is 19.0 Å². The van der Waals surface area contributed by atoms with Gasteiger partial charge < -0.3 is 4.90 Å². The predicted molar refractivity (Wildman–Crippen MR) is 65.3 cm³/mol. The first-order valence-electron chi connectivity index (χ1n) is 5.32. The number of carbonyl (C=O) groups excluding carboxylic acids is 1. The maximum Gasteiger partial charge on any atom is 0.253 e. The fraction of sp³-hybridized carbons (Fsp3) is 0.462. The molecule has 0 heterocycles. The van der Waals surface area contributed by atoms with Crippen LogP contribution in [0.2, 0.25) is 0 Å². The predicted octanol–water partition coefficient (Wildman–Crippen LogP) is 3.03. The van der Waals surface area contributed by atoms with Gasteiger partial charge in [0, 0.05) is 19.7 Å². The largest absolute Gasteiger partial charge is 0.345 e. The summed E-state index contributed by atoms with van der Waals surface area (Å²) in [6.07, 6.45) is 0. The molecule has 1 rings (SSSR count). The molecule has 1 aromatic carbocycles. The van der Waals surface area contributed by atoms with Crippen LogP contribution in [0.1, 0.15) is 35.3 Å². The molecule has 0 unspecified atom stereocenters. The van der Waals surface area contributed by atoms with Crippen LogP contribution in [0.25, 0.3) is 0 Å². The number of rotatable bonds is 1. The summed E-state index contributed by atoms with van der Waals surface area (Å²) in [7, 11) is 3.54. The number of aryl methyl sites for hydroxylation is 1. The molecule has 0 aromatic heterocycles. The molecule has 2 nitrogen and oxygen atoms in total. The Kier molecular flexibility index (Phi) is 5.68. The lowest BCUT2D eigenvalue weighted by Crippen LogP contribution is -2.22. The fourth-order valence-corrected chi connectivity index (χ4v) is 1.22. The number of nitrogens with zero attached hydrogens (tertiary/aromatic N) is 1. The monoisotopic (exact) mass is 207 g/mol. The zero-order valence-corrected chi connectivity index (χ0v) is 10.6. The van der Waals surface area contributed by atoms with Crippen LogP contribution < -0.4 is 0 Å². The van der Waals surface area contributed by atoms with Crippen LogP contribution in [0.3, 0.4) is 0 Å². The molecule has 0 atom stereocenters. The van der Waals surface area contributed by atoms with E-state index < -0.39 is 0 Å². The van der Waals surface area contributed by atoms with Gasteiger partial charge in [0.1, 0.15) is 0 Å². The second kappa shape index (κ2) is 6.23. The first-order valence-corrected chi connectivity index (χ1v) is 5.32. The lowest BCUT2D eigenvalue weighted by molar-refractivity contribution is 0.0827. The third-order valence-corrected chi connectivity index (χ3v) is 2.24. The Morgan fingerprint density at radius 3 is 2.13 bits per heavy atom. The standard InChI is InChI=1S/C11H15NO.C2H6/c1-8-6-5-7-10(9(8)2)11(13)12(3)4;1-2/h5-7H,1-4H3;1-2H3. The SMILES string of the molecule is CC.Cc1cccc(C(=O)N(C)C)c1C. The Hall–Kier alpha value is -1.31. The summed E-state index contributed by atoms with van der Waals surface area (Å²) >= 11 is 0. The van der Waals surface area contributed by atoms with Gasteiger partial charge in [0.15, 0.2) is 0 Å². The minimum Gasteiger partial charge on any atom is -0.345 e. The Bertz CT molecular complexity index is 329. The molecule has 0 bridgehead atoms. The molecular formula is C13H21NO. The average Bonchev–Trinajstić information content (AvgIpc) is 2.24. The third-order valence-electron chi connectivity index (χ3n) is 2.24. The molecule has 2 heteroatoms. The number of hydrogen-bond donors (Lipinski definition) is 0. The van der Waals surface area contributed by atoms with E-state index in [-0.39, 0.29) is 5.91 Å². The van der Waals surface area contributed by atoms with E-state index in [0.29, 0.717) is 0 Å². The van der Waals surface area contributed by atoms with E-state index in [1.807, 2.05) is 45.9 Å². The van der Waals surface area contributed by atoms with Crippen molar-refractivity contribution >= 4 is 5.91 Å². The van der Waals surface area contributed by atoms with Crippen molar-refractivity contribution in [3.05, 3.63) is 34.9 Å². The molecular weight excluding hydrogens is 186 g/mol. The molecule has 0 aliphatic rings. The molecule has 0 saturated heterocycles. The first kappa shape index (κ1) is 13.7. The minimum absolute atomic E-state index is 0.0706. The fourth-order valence-electron chi connectivity index (χ4n) is 1.22. The van der Waals surface area contributed by atoms with Crippen LogP contribution in [0, 0.1) is 13.8 Å². The summed E-state index contributed by atoms with van der Waals surface area (Å²) in [5, 5.41) is 0. The van der Waals surface area contributed by atoms with E-state index in [2.05, 4.69) is 0 Å². The van der Waals surface area contributed by atoms with Gasteiger partial charge in [-0.05, 0) is 31.0 Å².